The first-order chi connectivity index (χ1) is 6.61. The third kappa shape index (κ3) is 2.73. The first kappa shape index (κ1) is 10.5. The summed E-state index contributed by atoms with van der Waals surface area (Å²) in [6.07, 6.45) is 2.77. The molecule has 0 aliphatic heterocycles. The van der Waals surface area contributed by atoms with Gasteiger partial charge in [0.25, 0.3) is 0 Å². The van der Waals surface area contributed by atoms with Crippen LogP contribution < -0.4 is 0 Å². The molecule has 0 spiro atoms. The largest absolute Gasteiger partial charge is 0.478 e. The number of carboxylic acid groups (broad SMARTS) is 1. The van der Waals surface area contributed by atoms with Gasteiger partial charge in [-0.15, -0.1) is 0 Å². The van der Waals surface area contributed by atoms with Crippen LogP contribution in [0.4, 0.5) is 0 Å². The van der Waals surface area contributed by atoms with Crippen molar-refractivity contribution in [3.05, 3.63) is 41.5 Å². The normalized spacial score (nSPS) is 11.1. The zero-order valence-corrected chi connectivity index (χ0v) is 8.32. The molecule has 14 heavy (non-hydrogen) atoms. The Bertz CT molecular complexity index is 351. The van der Waals surface area contributed by atoms with Crippen molar-refractivity contribution in [2.45, 2.75) is 19.8 Å². The molecule has 0 atom stereocenters. The molecule has 0 heterocycles. The Hall–Kier alpha value is -1.57. The van der Waals surface area contributed by atoms with Crippen molar-refractivity contribution < 1.29 is 9.90 Å². The van der Waals surface area contributed by atoms with E-state index in [2.05, 4.69) is 19.9 Å². The minimum atomic E-state index is -0.924. The van der Waals surface area contributed by atoms with Crippen LogP contribution in [0, 0.1) is 6.07 Å². The fourth-order valence-electron chi connectivity index (χ4n) is 1.27. The van der Waals surface area contributed by atoms with Crippen LogP contribution in [0.1, 0.15) is 30.9 Å². The molecular weight excluding hydrogens is 176 g/mol. The number of rotatable bonds is 3. The quantitative estimate of drug-likeness (QED) is 0.742. The highest BCUT2D eigenvalue weighted by Crippen LogP contribution is 2.19. The van der Waals surface area contributed by atoms with E-state index in [-0.39, 0.29) is 0 Å². The lowest BCUT2D eigenvalue weighted by molar-refractivity contribution is -0.131. The van der Waals surface area contributed by atoms with Crippen molar-refractivity contribution >= 4 is 12.0 Å². The van der Waals surface area contributed by atoms with Crippen LogP contribution >= 0.6 is 0 Å². The van der Waals surface area contributed by atoms with Crippen LogP contribution in [-0.2, 0) is 4.79 Å². The topological polar surface area (TPSA) is 37.3 Å². The predicted molar refractivity (Wildman–Crippen MR) is 56.0 cm³/mol. The molecule has 0 saturated heterocycles. The van der Waals surface area contributed by atoms with E-state index in [9.17, 15) is 4.79 Å². The standard InChI is InChI=1S/C12H13O2/c1-9(2)11-6-4-3-5-10(11)7-8-12(13)14/h3,5-9H,1-2H3,(H,13,14). The van der Waals surface area contributed by atoms with E-state index in [1.165, 1.54) is 0 Å². The molecule has 2 nitrogen and oxygen atoms in total. The molecule has 1 aromatic carbocycles. The van der Waals surface area contributed by atoms with Gasteiger partial charge in [-0.05, 0) is 29.2 Å². The molecule has 1 N–H and O–H groups in total. The smallest absolute Gasteiger partial charge is 0.328 e. The molecule has 0 bridgehead atoms. The van der Waals surface area contributed by atoms with Crippen LogP contribution in [0.3, 0.4) is 0 Å². The minimum absolute atomic E-state index is 0.376. The summed E-state index contributed by atoms with van der Waals surface area (Å²) in [6.45, 7) is 4.14. The number of carboxylic acids is 1. The number of aliphatic carboxylic acids is 1. The van der Waals surface area contributed by atoms with Crippen molar-refractivity contribution in [2.24, 2.45) is 0 Å². The molecule has 0 unspecified atom stereocenters. The summed E-state index contributed by atoms with van der Waals surface area (Å²) in [7, 11) is 0. The first-order valence-corrected chi connectivity index (χ1v) is 4.52. The van der Waals surface area contributed by atoms with E-state index < -0.39 is 5.97 Å². The highest BCUT2D eigenvalue weighted by molar-refractivity contribution is 5.85. The second-order valence-corrected chi connectivity index (χ2v) is 3.38. The summed E-state index contributed by atoms with van der Waals surface area (Å²) < 4.78 is 0. The molecule has 73 valence electrons. The van der Waals surface area contributed by atoms with E-state index in [0.29, 0.717) is 5.92 Å². The van der Waals surface area contributed by atoms with Gasteiger partial charge < -0.3 is 5.11 Å². The summed E-state index contributed by atoms with van der Waals surface area (Å²) in [4.78, 5) is 10.4. The summed E-state index contributed by atoms with van der Waals surface area (Å²) in [6, 6.07) is 8.54. The number of benzene rings is 1. The number of hydrogen-bond donors (Lipinski definition) is 1. The van der Waals surface area contributed by atoms with Crippen LogP contribution in [0.15, 0.2) is 24.3 Å². The van der Waals surface area contributed by atoms with Gasteiger partial charge in [-0.1, -0.05) is 32.0 Å². The van der Waals surface area contributed by atoms with Gasteiger partial charge in [0, 0.05) is 6.08 Å². The second kappa shape index (κ2) is 4.61. The van der Waals surface area contributed by atoms with Crippen molar-refractivity contribution in [1.29, 1.82) is 0 Å². The maximum absolute atomic E-state index is 10.4. The van der Waals surface area contributed by atoms with Gasteiger partial charge in [0.05, 0.1) is 0 Å². The molecule has 0 amide bonds. The van der Waals surface area contributed by atoms with Gasteiger partial charge in [0.15, 0.2) is 0 Å². The zero-order chi connectivity index (χ0) is 10.6. The van der Waals surface area contributed by atoms with Crippen LogP contribution in [0.5, 0.6) is 0 Å². The SMILES string of the molecule is CC(C)c1c[c]ccc1C=CC(=O)O. The van der Waals surface area contributed by atoms with E-state index >= 15 is 0 Å². The highest BCUT2D eigenvalue weighted by Gasteiger charge is 2.02. The number of carbonyl (C=O) groups is 1. The Morgan fingerprint density at radius 2 is 2.29 bits per heavy atom. The predicted octanol–water partition coefficient (Wildman–Crippen LogP) is 2.71. The van der Waals surface area contributed by atoms with Crippen LogP contribution in [0.25, 0.3) is 6.08 Å². The molecule has 2 heteroatoms. The lowest BCUT2D eigenvalue weighted by atomic mass is 9.97. The summed E-state index contributed by atoms with van der Waals surface area (Å²) >= 11 is 0. The van der Waals surface area contributed by atoms with Gasteiger partial charge in [-0.3, -0.25) is 0 Å². The molecule has 1 aromatic rings. The van der Waals surface area contributed by atoms with Gasteiger partial charge in [-0.2, -0.15) is 0 Å². The van der Waals surface area contributed by atoms with Crippen molar-refractivity contribution in [2.75, 3.05) is 0 Å². The van der Waals surface area contributed by atoms with Gasteiger partial charge in [-0.25, -0.2) is 4.79 Å². The number of hydrogen-bond acceptors (Lipinski definition) is 1. The average Bonchev–Trinajstić information content (AvgIpc) is 2.15. The lowest BCUT2D eigenvalue weighted by Gasteiger charge is -2.08. The van der Waals surface area contributed by atoms with Crippen LogP contribution in [-0.4, -0.2) is 11.1 Å². The van der Waals surface area contributed by atoms with E-state index in [1.54, 1.807) is 12.1 Å². The summed E-state index contributed by atoms with van der Waals surface area (Å²) in [5.41, 5.74) is 2.06. The summed E-state index contributed by atoms with van der Waals surface area (Å²) in [5, 5.41) is 8.51. The van der Waals surface area contributed by atoms with E-state index in [1.807, 2.05) is 12.1 Å². The van der Waals surface area contributed by atoms with Gasteiger partial charge in [0.1, 0.15) is 0 Å². The van der Waals surface area contributed by atoms with Crippen molar-refractivity contribution in [3.8, 4) is 0 Å². The Kier molecular flexibility index (Phi) is 3.46. The average molecular weight is 189 g/mol. The molecule has 0 aromatic heterocycles. The maximum Gasteiger partial charge on any atom is 0.328 e. The molecule has 1 radical (unpaired) electrons. The Labute approximate surface area is 83.9 Å². The molecule has 0 fully saturated rings. The first-order valence-electron chi connectivity index (χ1n) is 4.52. The Morgan fingerprint density at radius 3 is 2.86 bits per heavy atom. The molecule has 0 aliphatic carbocycles. The Morgan fingerprint density at radius 1 is 1.57 bits per heavy atom. The lowest BCUT2D eigenvalue weighted by Crippen LogP contribution is -1.92. The van der Waals surface area contributed by atoms with E-state index in [0.717, 1.165) is 17.2 Å². The minimum Gasteiger partial charge on any atom is -0.478 e. The monoisotopic (exact) mass is 189 g/mol. The third-order valence-corrected chi connectivity index (χ3v) is 1.96. The molecule has 0 saturated carbocycles. The summed E-state index contributed by atoms with van der Waals surface area (Å²) in [5.74, 6) is -0.548. The molecule has 1 rings (SSSR count). The van der Waals surface area contributed by atoms with Crippen molar-refractivity contribution in [1.82, 2.24) is 0 Å². The fraction of sp³-hybridized carbons (Fsp3) is 0.250. The highest BCUT2D eigenvalue weighted by atomic mass is 16.4. The fourth-order valence-corrected chi connectivity index (χ4v) is 1.27. The van der Waals surface area contributed by atoms with Gasteiger partial charge >= 0.3 is 5.97 Å². The molecular formula is C12H13O2. The van der Waals surface area contributed by atoms with E-state index in [4.69, 9.17) is 5.11 Å². The van der Waals surface area contributed by atoms with Crippen molar-refractivity contribution in [3.63, 3.8) is 0 Å². The second-order valence-electron chi connectivity index (χ2n) is 3.38. The maximum atomic E-state index is 10.4. The van der Waals surface area contributed by atoms with Gasteiger partial charge in [0.2, 0.25) is 0 Å². The van der Waals surface area contributed by atoms with Crippen LogP contribution in [0.2, 0.25) is 0 Å². The molecule has 0 aliphatic rings. The Balaban J connectivity index is 3.01. The third-order valence-electron chi connectivity index (χ3n) is 1.96. The zero-order valence-electron chi connectivity index (χ0n) is 8.32.